The summed E-state index contributed by atoms with van der Waals surface area (Å²) < 4.78 is 0. The Hall–Kier alpha value is -2.27. The normalized spacial score (nSPS) is 15.7. The van der Waals surface area contributed by atoms with E-state index in [4.69, 9.17) is 0 Å². The molecule has 2 aromatic rings. The van der Waals surface area contributed by atoms with Crippen LogP contribution in [0.3, 0.4) is 0 Å². The SMILES string of the molecule is Cc1cccc(C)c1NC(=O)CNC(=O)C1Cc2ccccc2S1. The first kappa shape index (κ1) is 16.6. The number of benzene rings is 2. The predicted octanol–water partition coefficient (Wildman–Crippen LogP) is 3.08. The number of carbonyl (C=O) groups excluding carboxylic acids is 2. The molecule has 1 aliphatic heterocycles. The van der Waals surface area contributed by atoms with Crippen LogP contribution in [0, 0.1) is 13.8 Å². The Morgan fingerprint density at radius 1 is 1.08 bits per heavy atom. The first-order chi connectivity index (χ1) is 11.5. The third kappa shape index (κ3) is 3.62. The fraction of sp³-hybridized carbons (Fsp3) is 0.263. The van der Waals surface area contributed by atoms with Crippen molar-refractivity contribution in [3.8, 4) is 0 Å². The Balaban J connectivity index is 1.53. The molecular weight excluding hydrogens is 320 g/mol. The predicted molar refractivity (Wildman–Crippen MR) is 97.3 cm³/mol. The molecule has 0 aliphatic carbocycles. The van der Waals surface area contributed by atoms with Crippen LogP contribution in [0.1, 0.15) is 16.7 Å². The average Bonchev–Trinajstić information content (AvgIpc) is 3.00. The fourth-order valence-electron chi connectivity index (χ4n) is 2.80. The maximum Gasteiger partial charge on any atom is 0.243 e. The average molecular weight is 340 g/mol. The number of hydrogen-bond acceptors (Lipinski definition) is 3. The van der Waals surface area contributed by atoms with Gasteiger partial charge >= 0.3 is 0 Å². The molecule has 0 radical (unpaired) electrons. The van der Waals surface area contributed by atoms with Gasteiger partial charge in [0.15, 0.2) is 0 Å². The quantitative estimate of drug-likeness (QED) is 0.899. The van der Waals surface area contributed by atoms with Crippen molar-refractivity contribution >= 4 is 29.3 Å². The molecule has 2 amide bonds. The number of nitrogens with one attached hydrogen (secondary N) is 2. The highest BCUT2D eigenvalue weighted by molar-refractivity contribution is 8.01. The molecule has 1 unspecified atom stereocenters. The van der Waals surface area contributed by atoms with Gasteiger partial charge in [0.1, 0.15) is 0 Å². The number of amides is 2. The number of thioether (sulfide) groups is 1. The lowest BCUT2D eigenvalue weighted by molar-refractivity contribution is -0.123. The highest BCUT2D eigenvalue weighted by Crippen LogP contribution is 2.36. The van der Waals surface area contributed by atoms with Gasteiger partial charge in [-0.15, -0.1) is 11.8 Å². The summed E-state index contributed by atoms with van der Waals surface area (Å²) in [6.07, 6.45) is 0.713. The minimum Gasteiger partial charge on any atom is -0.346 e. The van der Waals surface area contributed by atoms with Crippen molar-refractivity contribution in [2.75, 3.05) is 11.9 Å². The van der Waals surface area contributed by atoms with Crippen LogP contribution in [0.2, 0.25) is 0 Å². The second kappa shape index (κ2) is 7.09. The van der Waals surface area contributed by atoms with E-state index in [1.165, 1.54) is 5.56 Å². The lowest BCUT2D eigenvalue weighted by atomic mass is 10.1. The van der Waals surface area contributed by atoms with Crippen LogP contribution >= 0.6 is 11.8 Å². The summed E-state index contributed by atoms with van der Waals surface area (Å²) >= 11 is 1.56. The molecule has 0 saturated heterocycles. The molecule has 0 bridgehead atoms. The number of anilines is 1. The monoisotopic (exact) mass is 340 g/mol. The Kier molecular flexibility index (Phi) is 4.90. The second-order valence-corrected chi connectivity index (χ2v) is 7.20. The molecule has 2 N–H and O–H groups in total. The molecule has 0 aromatic heterocycles. The van der Waals surface area contributed by atoms with Crippen molar-refractivity contribution in [1.29, 1.82) is 0 Å². The lowest BCUT2D eigenvalue weighted by Crippen LogP contribution is -2.38. The van der Waals surface area contributed by atoms with Crippen LogP contribution < -0.4 is 10.6 Å². The van der Waals surface area contributed by atoms with Crippen LogP contribution in [0.5, 0.6) is 0 Å². The van der Waals surface area contributed by atoms with Gasteiger partial charge in [0, 0.05) is 10.6 Å². The highest BCUT2D eigenvalue weighted by Gasteiger charge is 2.28. The largest absolute Gasteiger partial charge is 0.346 e. The van der Waals surface area contributed by atoms with Gasteiger partial charge in [0.2, 0.25) is 11.8 Å². The third-order valence-corrected chi connectivity index (χ3v) is 5.43. The van der Waals surface area contributed by atoms with Gasteiger partial charge in [0.05, 0.1) is 11.8 Å². The van der Waals surface area contributed by atoms with Gasteiger partial charge in [-0.2, -0.15) is 0 Å². The van der Waals surface area contributed by atoms with E-state index in [1.807, 2.05) is 56.3 Å². The standard InChI is InChI=1S/C19H20N2O2S/c1-12-6-5-7-13(2)18(12)21-17(22)11-20-19(23)16-10-14-8-3-4-9-15(14)24-16/h3-9,16H,10-11H2,1-2H3,(H,20,23)(H,21,22). The molecule has 0 saturated carbocycles. The van der Waals surface area contributed by atoms with E-state index in [9.17, 15) is 9.59 Å². The van der Waals surface area contributed by atoms with Gasteiger partial charge in [-0.05, 0) is 43.0 Å². The Morgan fingerprint density at radius 2 is 1.79 bits per heavy atom. The molecule has 2 aromatic carbocycles. The molecule has 1 heterocycles. The molecular formula is C19H20N2O2S. The zero-order valence-corrected chi connectivity index (χ0v) is 14.6. The van der Waals surface area contributed by atoms with Gasteiger partial charge in [-0.25, -0.2) is 0 Å². The highest BCUT2D eigenvalue weighted by atomic mass is 32.2. The van der Waals surface area contributed by atoms with E-state index < -0.39 is 0 Å². The second-order valence-electron chi connectivity index (χ2n) is 5.95. The van der Waals surface area contributed by atoms with Gasteiger partial charge in [-0.1, -0.05) is 36.4 Å². The van der Waals surface area contributed by atoms with E-state index in [1.54, 1.807) is 11.8 Å². The van der Waals surface area contributed by atoms with Crippen molar-refractivity contribution in [2.24, 2.45) is 0 Å². The lowest BCUT2D eigenvalue weighted by Gasteiger charge is -2.13. The van der Waals surface area contributed by atoms with Crippen molar-refractivity contribution in [1.82, 2.24) is 5.32 Å². The number of rotatable bonds is 4. The minimum atomic E-state index is -0.207. The summed E-state index contributed by atoms with van der Waals surface area (Å²) in [5.74, 6) is -0.297. The Morgan fingerprint density at radius 3 is 2.50 bits per heavy atom. The van der Waals surface area contributed by atoms with Crippen LogP contribution in [0.15, 0.2) is 47.4 Å². The Labute approximate surface area is 146 Å². The van der Waals surface area contributed by atoms with Gasteiger partial charge < -0.3 is 10.6 Å². The molecule has 1 aliphatic rings. The molecule has 5 heteroatoms. The summed E-state index contributed by atoms with van der Waals surface area (Å²) in [7, 11) is 0. The van der Waals surface area contributed by atoms with Crippen LogP contribution in [-0.2, 0) is 16.0 Å². The molecule has 4 nitrogen and oxygen atoms in total. The number of aryl methyl sites for hydroxylation is 2. The summed E-state index contributed by atoms with van der Waals surface area (Å²) in [4.78, 5) is 25.6. The van der Waals surface area contributed by atoms with Crippen molar-refractivity contribution in [3.05, 3.63) is 59.2 Å². The van der Waals surface area contributed by atoms with Crippen LogP contribution in [-0.4, -0.2) is 23.6 Å². The van der Waals surface area contributed by atoms with E-state index in [-0.39, 0.29) is 23.6 Å². The molecule has 1 atom stereocenters. The Bertz CT molecular complexity index is 743. The van der Waals surface area contributed by atoms with E-state index >= 15 is 0 Å². The minimum absolute atomic E-state index is 0.0139. The van der Waals surface area contributed by atoms with E-state index in [2.05, 4.69) is 10.6 Å². The van der Waals surface area contributed by atoms with E-state index in [0.717, 1.165) is 21.7 Å². The van der Waals surface area contributed by atoms with Crippen LogP contribution in [0.25, 0.3) is 0 Å². The summed E-state index contributed by atoms with van der Waals surface area (Å²) in [6.45, 7) is 3.89. The first-order valence-electron chi connectivity index (χ1n) is 7.93. The summed E-state index contributed by atoms with van der Waals surface area (Å²) in [5, 5.41) is 5.47. The number of carbonyl (C=O) groups is 2. The van der Waals surface area contributed by atoms with E-state index in [0.29, 0.717) is 6.42 Å². The molecule has 124 valence electrons. The zero-order chi connectivity index (χ0) is 17.1. The molecule has 0 fully saturated rings. The van der Waals surface area contributed by atoms with Crippen molar-refractivity contribution in [3.63, 3.8) is 0 Å². The van der Waals surface area contributed by atoms with Crippen molar-refractivity contribution in [2.45, 2.75) is 30.4 Å². The smallest absolute Gasteiger partial charge is 0.243 e. The van der Waals surface area contributed by atoms with Crippen LogP contribution in [0.4, 0.5) is 5.69 Å². The molecule has 24 heavy (non-hydrogen) atoms. The van der Waals surface area contributed by atoms with Crippen molar-refractivity contribution < 1.29 is 9.59 Å². The zero-order valence-electron chi connectivity index (χ0n) is 13.8. The molecule has 0 spiro atoms. The van der Waals surface area contributed by atoms with Gasteiger partial charge in [-0.3, -0.25) is 9.59 Å². The summed E-state index contributed by atoms with van der Waals surface area (Å²) in [6, 6.07) is 13.9. The number of hydrogen-bond donors (Lipinski definition) is 2. The first-order valence-corrected chi connectivity index (χ1v) is 8.81. The maximum atomic E-state index is 12.3. The number of fused-ring (bicyclic) bond motifs is 1. The maximum absolute atomic E-state index is 12.3. The topological polar surface area (TPSA) is 58.2 Å². The van der Waals surface area contributed by atoms with Gasteiger partial charge in [0.25, 0.3) is 0 Å². The summed E-state index contributed by atoms with van der Waals surface area (Å²) in [5.41, 5.74) is 4.04. The molecule has 3 rings (SSSR count). The fourth-order valence-corrected chi connectivity index (χ4v) is 4.02. The third-order valence-electron chi connectivity index (χ3n) is 4.11. The number of para-hydroxylation sites is 1.